The molecule has 0 radical (unpaired) electrons. The van der Waals surface area contributed by atoms with Gasteiger partial charge in [-0.1, -0.05) is 30.3 Å². The minimum Gasteiger partial charge on any atom is -0.297 e. The highest BCUT2D eigenvalue weighted by Crippen LogP contribution is 2.02. The van der Waals surface area contributed by atoms with Crippen LogP contribution in [0, 0.1) is 13.8 Å². The molecule has 0 bridgehead atoms. The van der Waals surface area contributed by atoms with Crippen molar-refractivity contribution in [2.45, 2.75) is 26.8 Å². The summed E-state index contributed by atoms with van der Waals surface area (Å²) < 4.78 is 1.41. The van der Waals surface area contributed by atoms with Crippen molar-refractivity contribution in [3.8, 4) is 0 Å². The van der Waals surface area contributed by atoms with Gasteiger partial charge in [0.25, 0.3) is 0 Å². The van der Waals surface area contributed by atoms with Gasteiger partial charge in [-0.2, -0.15) is 4.98 Å². The molecule has 0 aliphatic rings. The van der Waals surface area contributed by atoms with Crippen LogP contribution in [0.5, 0.6) is 0 Å². The lowest BCUT2D eigenvalue weighted by Crippen LogP contribution is -2.29. The number of ketones is 1. The summed E-state index contributed by atoms with van der Waals surface area (Å²) in [6.45, 7) is 3.66. The first kappa shape index (κ1) is 13.2. The number of hydrogen-bond acceptors (Lipinski definition) is 3. The van der Waals surface area contributed by atoms with E-state index in [0.717, 1.165) is 11.3 Å². The SMILES string of the molecule is Cc1cc(C)n(CC(=O)Cc2ccccc2)c(=O)n1. The van der Waals surface area contributed by atoms with Crippen LogP contribution < -0.4 is 5.69 Å². The second-order valence-corrected chi connectivity index (χ2v) is 4.61. The zero-order chi connectivity index (χ0) is 13.8. The summed E-state index contributed by atoms with van der Waals surface area (Å²) in [5.41, 5.74) is 2.03. The zero-order valence-corrected chi connectivity index (χ0v) is 11.1. The van der Waals surface area contributed by atoms with Gasteiger partial charge in [0.15, 0.2) is 5.78 Å². The number of Topliss-reactive ketones (excluding diaryl/α,β-unsaturated/α-hetero) is 1. The number of carbonyl (C=O) groups excluding carboxylic acids is 1. The van der Waals surface area contributed by atoms with Crippen LogP contribution in [-0.2, 0) is 17.8 Å². The van der Waals surface area contributed by atoms with Gasteiger partial charge in [0.2, 0.25) is 0 Å². The summed E-state index contributed by atoms with van der Waals surface area (Å²) in [7, 11) is 0. The molecule has 4 nitrogen and oxygen atoms in total. The number of hydrogen-bond donors (Lipinski definition) is 0. The maximum absolute atomic E-state index is 12.0. The molecule has 0 aliphatic heterocycles. The normalized spacial score (nSPS) is 10.4. The summed E-state index contributed by atoms with van der Waals surface area (Å²) in [5, 5.41) is 0. The third-order valence-corrected chi connectivity index (χ3v) is 2.93. The van der Waals surface area contributed by atoms with Crippen molar-refractivity contribution >= 4 is 5.78 Å². The topological polar surface area (TPSA) is 52.0 Å². The highest BCUT2D eigenvalue weighted by atomic mass is 16.2. The molecule has 4 heteroatoms. The van der Waals surface area contributed by atoms with Crippen molar-refractivity contribution in [2.75, 3.05) is 0 Å². The molecule has 0 saturated heterocycles. The third-order valence-electron chi connectivity index (χ3n) is 2.93. The predicted molar refractivity (Wildman–Crippen MR) is 73.1 cm³/mol. The Kier molecular flexibility index (Phi) is 3.90. The average molecular weight is 256 g/mol. The zero-order valence-electron chi connectivity index (χ0n) is 11.1. The van der Waals surface area contributed by atoms with E-state index in [1.165, 1.54) is 4.57 Å². The Morgan fingerprint density at radius 3 is 2.53 bits per heavy atom. The Morgan fingerprint density at radius 2 is 1.89 bits per heavy atom. The second kappa shape index (κ2) is 5.61. The van der Waals surface area contributed by atoms with E-state index >= 15 is 0 Å². The Hall–Kier alpha value is -2.23. The second-order valence-electron chi connectivity index (χ2n) is 4.61. The van der Waals surface area contributed by atoms with Crippen LogP contribution >= 0.6 is 0 Å². The average Bonchev–Trinajstić information content (AvgIpc) is 2.35. The van der Waals surface area contributed by atoms with Crippen LogP contribution in [0.15, 0.2) is 41.2 Å². The van der Waals surface area contributed by atoms with Crippen molar-refractivity contribution in [2.24, 2.45) is 0 Å². The first-order valence-corrected chi connectivity index (χ1v) is 6.17. The molecule has 19 heavy (non-hydrogen) atoms. The maximum Gasteiger partial charge on any atom is 0.348 e. The van der Waals surface area contributed by atoms with Crippen molar-refractivity contribution in [3.63, 3.8) is 0 Å². The van der Waals surface area contributed by atoms with E-state index in [-0.39, 0.29) is 18.0 Å². The minimum absolute atomic E-state index is 0.00190. The number of nitrogens with zero attached hydrogens (tertiary/aromatic N) is 2. The molecule has 0 fully saturated rings. The third kappa shape index (κ3) is 3.37. The van der Waals surface area contributed by atoms with E-state index in [1.807, 2.05) is 37.3 Å². The maximum atomic E-state index is 12.0. The van der Waals surface area contributed by atoms with Gasteiger partial charge in [0, 0.05) is 17.8 Å². The molecule has 0 aliphatic carbocycles. The number of aromatic nitrogens is 2. The van der Waals surface area contributed by atoms with Gasteiger partial charge in [0.05, 0.1) is 6.54 Å². The molecule has 0 atom stereocenters. The molecular formula is C15H16N2O2. The van der Waals surface area contributed by atoms with E-state index in [2.05, 4.69) is 4.98 Å². The van der Waals surface area contributed by atoms with Crippen molar-refractivity contribution < 1.29 is 4.79 Å². The fourth-order valence-electron chi connectivity index (χ4n) is 2.02. The molecule has 0 saturated carbocycles. The number of rotatable bonds is 4. The quantitative estimate of drug-likeness (QED) is 0.836. The molecule has 1 heterocycles. The van der Waals surface area contributed by atoms with Gasteiger partial charge in [0.1, 0.15) is 0 Å². The van der Waals surface area contributed by atoms with E-state index in [4.69, 9.17) is 0 Å². The standard InChI is InChI=1S/C15H16N2O2/c1-11-8-12(2)17(15(19)16-11)10-14(18)9-13-6-4-3-5-7-13/h3-8H,9-10H2,1-2H3. The van der Waals surface area contributed by atoms with Gasteiger partial charge >= 0.3 is 5.69 Å². The van der Waals surface area contributed by atoms with Crippen LogP contribution in [0.1, 0.15) is 17.0 Å². The molecule has 1 aromatic heterocycles. The molecular weight excluding hydrogens is 240 g/mol. The molecule has 0 amide bonds. The van der Waals surface area contributed by atoms with E-state index in [1.54, 1.807) is 13.0 Å². The minimum atomic E-state index is -0.362. The summed E-state index contributed by atoms with van der Waals surface area (Å²) >= 11 is 0. The van der Waals surface area contributed by atoms with Crippen molar-refractivity contribution in [3.05, 3.63) is 63.8 Å². The van der Waals surface area contributed by atoms with E-state index in [0.29, 0.717) is 12.1 Å². The summed E-state index contributed by atoms with van der Waals surface area (Å²) in [6, 6.07) is 11.3. The van der Waals surface area contributed by atoms with Gasteiger partial charge < -0.3 is 0 Å². The molecule has 2 aromatic rings. The van der Waals surface area contributed by atoms with Gasteiger partial charge in [-0.3, -0.25) is 9.36 Å². The van der Waals surface area contributed by atoms with Crippen molar-refractivity contribution in [1.82, 2.24) is 9.55 Å². The van der Waals surface area contributed by atoms with Gasteiger partial charge in [-0.05, 0) is 25.5 Å². The predicted octanol–water partition coefficient (Wildman–Crippen LogP) is 1.67. The smallest absolute Gasteiger partial charge is 0.297 e. The fraction of sp³-hybridized carbons (Fsp3) is 0.267. The molecule has 0 spiro atoms. The molecule has 98 valence electrons. The molecule has 1 aromatic carbocycles. The Balaban J connectivity index is 2.14. The number of benzene rings is 1. The first-order valence-electron chi connectivity index (χ1n) is 6.17. The van der Waals surface area contributed by atoms with Crippen LogP contribution in [0.2, 0.25) is 0 Å². The van der Waals surface area contributed by atoms with Crippen molar-refractivity contribution in [1.29, 1.82) is 0 Å². The van der Waals surface area contributed by atoms with Crippen LogP contribution in [0.4, 0.5) is 0 Å². The molecule has 0 unspecified atom stereocenters. The Morgan fingerprint density at radius 1 is 1.21 bits per heavy atom. The summed E-state index contributed by atoms with van der Waals surface area (Å²) in [4.78, 5) is 27.6. The van der Waals surface area contributed by atoms with E-state index in [9.17, 15) is 9.59 Å². The Labute approximate surface area is 111 Å². The number of carbonyl (C=O) groups is 1. The fourth-order valence-corrected chi connectivity index (χ4v) is 2.02. The lowest BCUT2D eigenvalue weighted by Gasteiger charge is -2.08. The highest BCUT2D eigenvalue weighted by molar-refractivity contribution is 5.80. The Bertz CT molecular complexity index is 645. The molecule has 0 N–H and O–H groups in total. The summed E-state index contributed by atoms with van der Waals surface area (Å²) in [6.07, 6.45) is 0.334. The van der Waals surface area contributed by atoms with Gasteiger partial charge in [-0.25, -0.2) is 4.79 Å². The first-order chi connectivity index (χ1) is 9.06. The van der Waals surface area contributed by atoms with Gasteiger partial charge in [-0.15, -0.1) is 0 Å². The monoisotopic (exact) mass is 256 g/mol. The lowest BCUT2D eigenvalue weighted by atomic mass is 10.1. The number of aryl methyl sites for hydroxylation is 2. The largest absolute Gasteiger partial charge is 0.348 e. The summed E-state index contributed by atoms with van der Waals surface area (Å²) in [5.74, 6) is 0.00190. The van der Waals surface area contributed by atoms with Crippen LogP contribution in [-0.4, -0.2) is 15.3 Å². The van der Waals surface area contributed by atoms with Crippen LogP contribution in [0.3, 0.4) is 0 Å². The molecule has 2 rings (SSSR count). The lowest BCUT2D eigenvalue weighted by molar-refractivity contribution is -0.119. The van der Waals surface area contributed by atoms with Crippen LogP contribution in [0.25, 0.3) is 0 Å². The van der Waals surface area contributed by atoms with E-state index < -0.39 is 0 Å². The highest BCUT2D eigenvalue weighted by Gasteiger charge is 2.09.